The fourth-order valence-electron chi connectivity index (χ4n) is 2.63. The van der Waals surface area contributed by atoms with Crippen molar-refractivity contribution in [3.63, 3.8) is 0 Å². The van der Waals surface area contributed by atoms with E-state index in [1.807, 2.05) is 0 Å². The van der Waals surface area contributed by atoms with Gasteiger partial charge >= 0.3 is 0 Å². The maximum Gasteiger partial charge on any atom is 0.229 e. The number of anilines is 5. The van der Waals surface area contributed by atoms with Gasteiger partial charge in [-0.25, -0.2) is 18.4 Å². The van der Waals surface area contributed by atoms with Crippen LogP contribution in [0.1, 0.15) is 27.2 Å². The van der Waals surface area contributed by atoms with Gasteiger partial charge in [-0.2, -0.15) is 4.98 Å². The molecule has 2 aromatic heterocycles. The number of nitrogens with zero attached hydrogens (tertiary/aromatic N) is 3. The predicted molar refractivity (Wildman–Crippen MR) is 126 cm³/mol. The highest BCUT2D eigenvalue weighted by Gasteiger charge is 2.24. The molecule has 2 heterocycles. The highest BCUT2D eigenvalue weighted by Crippen LogP contribution is 2.29. The zero-order valence-electron chi connectivity index (χ0n) is 17.8. The van der Waals surface area contributed by atoms with E-state index < -0.39 is 15.1 Å². The van der Waals surface area contributed by atoms with Gasteiger partial charge in [0.15, 0.2) is 20.7 Å². The molecule has 168 valence electrons. The van der Waals surface area contributed by atoms with Gasteiger partial charge in [-0.1, -0.05) is 24.6 Å². The number of carbonyl (C=O) groups excluding carboxylic acids is 1. The first-order valence-corrected chi connectivity index (χ1v) is 11.8. The molecule has 0 fully saturated rings. The Labute approximate surface area is 191 Å². The molecule has 0 aliphatic rings. The van der Waals surface area contributed by atoms with Crippen LogP contribution in [0.25, 0.3) is 0 Å². The molecule has 11 heteroatoms. The number of halogens is 1. The van der Waals surface area contributed by atoms with Crippen molar-refractivity contribution in [1.82, 2.24) is 15.0 Å². The Balaban J connectivity index is 1.87. The Morgan fingerprint density at radius 3 is 2.56 bits per heavy atom. The highest BCUT2D eigenvalue weighted by molar-refractivity contribution is 7.92. The van der Waals surface area contributed by atoms with Crippen LogP contribution < -0.4 is 16.0 Å². The van der Waals surface area contributed by atoms with E-state index >= 15 is 0 Å². The Morgan fingerprint density at radius 2 is 1.84 bits per heavy atom. The third-order valence-corrected chi connectivity index (χ3v) is 6.76. The molecule has 0 aliphatic carbocycles. The van der Waals surface area contributed by atoms with E-state index in [9.17, 15) is 13.2 Å². The SMILES string of the molecule is CCC(=O)Nc1cccc(Nc2ncc(Cl)c(Nc3cccnc3S(=O)(=O)C(C)C)n2)c1. The minimum atomic E-state index is -3.63. The maximum atomic E-state index is 12.7. The number of carbonyl (C=O) groups is 1. The standard InChI is InChI=1S/C21H23ClN6O3S/c1-4-18(29)25-14-7-5-8-15(11-14)26-21-24-12-16(22)19(28-21)27-17-9-6-10-23-20(17)32(30,31)13(2)3/h5-13H,4H2,1-3H3,(H,25,29)(H2,24,26,27,28). The zero-order valence-corrected chi connectivity index (χ0v) is 19.3. The van der Waals surface area contributed by atoms with Gasteiger partial charge in [0, 0.05) is 24.0 Å². The van der Waals surface area contributed by atoms with Crippen molar-refractivity contribution in [1.29, 1.82) is 0 Å². The summed E-state index contributed by atoms with van der Waals surface area (Å²) in [5, 5.41) is 8.26. The van der Waals surface area contributed by atoms with E-state index in [0.717, 1.165) is 0 Å². The Kier molecular flexibility index (Phi) is 7.26. The largest absolute Gasteiger partial charge is 0.336 e. The third-order valence-electron chi connectivity index (χ3n) is 4.38. The van der Waals surface area contributed by atoms with Crippen LogP contribution in [0.3, 0.4) is 0 Å². The Bertz CT molecular complexity index is 1230. The second kappa shape index (κ2) is 9.92. The molecule has 0 aliphatic heterocycles. The second-order valence-corrected chi connectivity index (χ2v) is 9.90. The van der Waals surface area contributed by atoms with Gasteiger partial charge < -0.3 is 16.0 Å². The summed E-state index contributed by atoms with van der Waals surface area (Å²) >= 11 is 6.24. The summed E-state index contributed by atoms with van der Waals surface area (Å²) in [6, 6.07) is 10.3. The summed E-state index contributed by atoms with van der Waals surface area (Å²) in [5.41, 5.74) is 1.54. The molecule has 0 saturated heterocycles. The zero-order chi connectivity index (χ0) is 23.3. The number of benzene rings is 1. The fraction of sp³-hybridized carbons (Fsp3) is 0.238. The van der Waals surface area contributed by atoms with Crippen LogP contribution in [-0.4, -0.2) is 34.5 Å². The van der Waals surface area contributed by atoms with Gasteiger partial charge in [0.1, 0.15) is 5.02 Å². The molecule has 0 saturated carbocycles. The van der Waals surface area contributed by atoms with Crippen LogP contribution in [0.5, 0.6) is 0 Å². The number of nitrogens with one attached hydrogen (secondary N) is 3. The van der Waals surface area contributed by atoms with Crippen molar-refractivity contribution in [2.24, 2.45) is 0 Å². The van der Waals surface area contributed by atoms with Crippen LogP contribution in [0.4, 0.5) is 28.8 Å². The van der Waals surface area contributed by atoms with Crippen molar-refractivity contribution in [3.05, 3.63) is 53.8 Å². The molecule has 3 N–H and O–H groups in total. The van der Waals surface area contributed by atoms with E-state index in [4.69, 9.17) is 11.6 Å². The van der Waals surface area contributed by atoms with Crippen molar-refractivity contribution < 1.29 is 13.2 Å². The van der Waals surface area contributed by atoms with Crippen LogP contribution >= 0.6 is 11.6 Å². The first-order chi connectivity index (χ1) is 15.2. The van der Waals surface area contributed by atoms with Crippen LogP contribution in [-0.2, 0) is 14.6 Å². The smallest absolute Gasteiger partial charge is 0.229 e. The summed E-state index contributed by atoms with van der Waals surface area (Å²) < 4.78 is 25.3. The molecule has 0 radical (unpaired) electrons. The van der Waals surface area contributed by atoms with E-state index in [2.05, 4.69) is 30.9 Å². The predicted octanol–water partition coefficient (Wildman–Crippen LogP) is 4.54. The molecule has 1 amide bonds. The van der Waals surface area contributed by atoms with Gasteiger partial charge in [-0.15, -0.1) is 0 Å². The number of aromatic nitrogens is 3. The monoisotopic (exact) mass is 474 g/mol. The van der Waals surface area contributed by atoms with E-state index in [1.165, 1.54) is 12.4 Å². The van der Waals surface area contributed by atoms with Crippen molar-refractivity contribution in [2.45, 2.75) is 37.5 Å². The van der Waals surface area contributed by atoms with Gasteiger partial charge in [-0.05, 0) is 44.2 Å². The van der Waals surface area contributed by atoms with Crippen molar-refractivity contribution in [3.8, 4) is 0 Å². The molecule has 32 heavy (non-hydrogen) atoms. The van der Waals surface area contributed by atoms with Gasteiger partial charge in [0.25, 0.3) is 0 Å². The van der Waals surface area contributed by atoms with Crippen molar-refractivity contribution >= 4 is 56.2 Å². The molecule has 3 rings (SSSR count). The van der Waals surface area contributed by atoms with E-state index in [0.29, 0.717) is 17.8 Å². The molecule has 0 unspecified atom stereocenters. The first-order valence-electron chi connectivity index (χ1n) is 9.86. The minimum absolute atomic E-state index is 0.0847. The molecule has 3 aromatic rings. The summed E-state index contributed by atoms with van der Waals surface area (Å²) in [6.45, 7) is 4.95. The lowest BCUT2D eigenvalue weighted by Crippen LogP contribution is -2.17. The highest BCUT2D eigenvalue weighted by atomic mass is 35.5. The molecule has 9 nitrogen and oxygen atoms in total. The van der Waals surface area contributed by atoms with Gasteiger partial charge in [-0.3, -0.25) is 4.79 Å². The number of rotatable bonds is 8. The second-order valence-electron chi connectivity index (χ2n) is 7.07. The van der Waals surface area contributed by atoms with Gasteiger partial charge in [0.05, 0.1) is 17.1 Å². The Morgan fingerprint density at radius 1 is 1.09 bits per heavy atom. The average Bonchev–Trinajstić information content (AvgIpc) is 2.76. The van der Waals surface area contributed by atoms with E-state index in [-0.39, 0.29) is 33.4 Å². The summed E-state index contributed by atoms with van der Waals surface area (Å²) in [5.74, 6) is 0.348. The summed E-state index contributed by atoms with van der Waals surface area (Å²) in [6.07, 6.45) is 3.18. The van der Waals surface area contributed by atoms with Crippen LogP contribution in [0.15, 0.2) is 53.8 Å². The maximum absolute atomic E-state index is 12.7. The summed E-state index contributed by atoms with van der Waals surface area (Å²) in [4.78, 5) is 24.2. The molecular weight excluding hydrogens is 452 g/mol. The molecule has 0 bridgehead atoms. The quantitative estimate of drug-likeness (QED) is 0.434. The third kappa shape index (κ3) is 5.51. The normalized spacial score (nSPS) is 11.3. The van der Waals surface area contributed by atoms with Gasteiger partial charge in [0.2, 0.25) is 11.9 Å². The lowest BCUT2D eigenvalue weighted by atomic mass is 10.2. The molecule has 1 aromatic carbocycles. The number of amides is 1. The first kappa shape index (κ1) is 23.4. The topological polar surface area (TPSA) is 126 Å². The van der Waals surface area contributed by atoms with Crippen molar-refractivity contribution in [2.75, 3.05) is 16.0 Å². The minimum Gasteiger partial charge on any atom is -0.336 e. The van der Waals surface area contributed by atoms with Crippen LogP contribution in [0, 0.1) is 0 Å². The molecular formula is C21H23ClN6O3S. The lowest BCUT2D eigenvalue weighted by Gasteiger charge is -2.14. The summed E-state index contributed by atoms with van der Waals surface area (Å²) in [7, 11) is -3.63. The number of pyridine rings is 1. The Hall–Kier alpha value is -3.24. The number of hydrogen-bond acceptors (Lipinski definition) is 8. The van der Waals surface area contributed by atoms with E-state index in [1.54, 1.807) is 57.2 Å². The molecule has 0 atom stereocenters. The number of hydrogen-bond donors (Lipinski definition) is 3. The average molecular weight is 475 g/mol. The fourth-order valence-corrected chi connectivity index (χ4v) is 3.85. The molecule has 0 spiro atoms. The van der Waals surface area contributed by atoms with Crippen LogP contribution in [0.2, 0.25) is 5.02 Å². The number of sulfone groups is 1. The lowest BCUT2D eigenvalue weighted by molar-refractivity contribution is -0.115.